The van der Waals surface area contributed by atoms with Crippen molar-refractivity contribution < 1.29 is 43.6 Å². The quantitative estimate of drug-likeness (QED) is 0.351. The van der Waals surface area contributed by atoms with Gasteiger partial charge in [-0.2, -0.15) is 5.10 Å². The van der Waals surface area contributed by atoms with Crippen LogP contribution in [0, 0.1) is 5.41 Å². The number of carbonyl (C=O) groups is 3. The van der Waals surface area contributed by atoms with Crippen LogP contribution in [0.3, 0.4) is 0 Å². The number of nitrogens with one attached hydrogen (secondary N) is 1. The minimum Gasteiger partial charge on any atom is -0.479 e. The van der Waals surface area contributed by atoms with Crippen molar-refractivity contribution in [2.75, 3.05) is 19.6 Å². The van der Waals surface area contributed by atoms with Gasteiger partial charge in [-0.1, -0.05) is 6.07 Å². The van der Waals surface area contributed by atoms with Gasteiger partial charge in [-0.3, -0.25) is 9.78 Å². The molecule has 0 saturated carbocycles. The number of hydrazone groups is 1. The molecule has 5 N–H and O–H groups in total. The molecule has 3 heterocycles. The third kappa shape index (κ3) is 5.77. The Morgan fingerprint density at radius 2 is 1.84 bits per heavy atom. The first-order chi connectivity index (χ1) is 14.6. The van der Waals surface area contributed by atoms with Crippen molar-refractivity contribution in [3.8, 4) is 0 Å². The van der Waals surface area contributed by atoms with E-state index in [1.54, 1.807) is 12.3 Å². The fraction of sp³-hybridized carbons (Fsp3) is 0.500. The van der Waals surface area contributed by atoms with Crippen LogP contribution in [-0.2, 0) is 20.8 Å². The van der Waals surface area contributed by atoms with E-state index in [9.17, 15) is 23.2 Å². The number of carboxylic acid groups (broad SMARTS) is 2. The monoisotopic (exact) mass is 444 g/mol. The molecule has 0 aliphatic carbocycles. The predicted molar refractivity (Wildman–Crippen MR) is 100 cm³/mol. The predicted octanol–water partition coefficient (Wildman–Crippen LogP) is -1.06. The third-order valence-corrected chi connectivity index (χ3v) is 4.73. The van der Waals surface area contributed by atoms with Crippen LogP contribution in [0.25, 0.3) is 0 Å². The number of aliphatic carboxylic acids is 2. The molecule has 2 unspecified atom stereocenters. The number of hydrogen-bond donors (Lipinski definition) is 5. The lowest BCUT2D eigenvalue weighted by atomic mass is 9.75. The average Bonchev–Trinajstić information content (AvgIpc) is 2.99. The van der Waals surface area contributed by atoms with E-state index in [-0.39, 0.29) is 5.91 Å². The second-order valence-corrected chi connectivity index (χ2v) is 6.90. The molecule has 170 valence electrons. The minimum atomic E-state index is -2.58. The number of carboxylic acids is 2. The molecule has 31 heavy (non-hydrogen) atoms. The molecular formula is C18H22F2N4O7. The number of aromatic nitrogens is 1. The van der Waals surface area contributed by atoms with Crippen LogP contribution < -0.4 is 5.32 Å². The molecule has 3 rings (SSSR count). The maximum absolute atomic E-state index is 12.6. The van der Waals surface area contributed by atoms with Crippen LogP contribution in [-0.4, -0.2) is 92.2 Å². The Hall–Kier alpha value is -3.03. The molecule has 3 atom stereocenters. The Balaban J connectivity index is 0.000000291. The van der Waals surface area contributed by atoms with E-state index in [1.807, 2.05) is 12.1 Å². The summed E-state index contributed by atoms with van der Waals surface area (Å²) < 4.78 is 25.2. The summed E-state index contributed by atoms with van der Waals surface area (Å²) in [5.74, 6) is -3.89. The highest BCUT2D eigenvalue weighted by Gasteiger charge is 2.52. The smallest absolute Gasteiger partial charge is 0.335 e. The fourth-order valence-corrected chi connectivity index (χ4v) is 3.21. The maximum atomic E-state index is 12.6. The molecule has 2 aliphatic rings. The Kier molecular flexibility index (Phi) is 8.08. The molecule has 2 aliphatic heterocycles. The molecule has 11 nitrogen and oxygen atoms in total. The molecule has 1 aromatic rings. The lowest BCUT2D eigenvalue weighted by Gasteiger charge is -2.32. The van der Waals surface area contributed by atoms with Crippen molar-refractivity contribution in [3.63, 3.8) is 0 Å². The summed E-state index contributed by atoms with van der Waals surface area (Å²) in [5, 5.41) is 40.8. The molecular weight excluding hydrogens is 422 g/mol. The van der Waals surface area contributed by atoms with Crippen LogP contribution >= 0.6 is 0 Å². The van der Waals surface area contributed by atoms with Gasteiger partial charge in [-0.25, -0.2) is 23.4 Å². The first-order valence-electron chi connectivity index (χ1n) is 9.19. The number of carbonyl (C=O) groups excluding carboxylic acids is 1. The Morgan fingerprint density at radius 1 is 1.19 bits per heavy atom. The molecule has 13 heteroatoms. The van der Waals surface area contributed by atoms with Crippen molar-refractivity contribution in [3.05, 3.63) is 30.1 Å². The van der Waals surface area contributed by atoms with Gasteiger partial charge < -0.3 is 25.7 Å². The number of alkyl halides is 2. The molecule has 0 radical (unpaired) electrons. The molecule has 1 amide bonds. The van der Waals surface area contributed by atoms with Crippen LogP contribution in [0.1, 0.15) is 12.1 Å². The SMILES string of the molecule is O=C(O)C(O)C(O)C(=O)O.O=C1N(CC(F)F)N=C2CCNC[C@@]12Cc1ccccn1. The van der Waals surface area contributed by atoms with Crippen molar-refractivity contribution in [1.82, 2.24) is 15.3 Å². The zero-order valence-corrected chi connectivity index (χ0v) is 16.2. The number of halogens is 2. The van der Waals surface area contributed by atoms with Crippen molar-refractivity contribution in [2.45, 2.75) is 31.5 Å². The number of amides is 1. The van der Waals surface area contributed by atoms with E-state index >= 15 is 0 Å². The fourth-order valence-electron chi connectivity index (χ4n) is 3.21. The van der Waals surface area contributed by atoms with E-state index in [2.05, 4.69) is 15.4 Å². The van der Waals surface area contributed by atoms with Crippen LogP contribution in [0.15, 0.2) is 29.5 Å². The van der Waals surface area contributed by atoms with E-state index in [0.29, 0.717) is 31.6 Å². The summed E-state index contributed by atoms with van der Waals surface area (Å²) in [5.41, 5.74) is 0.598. The number of rotatable bonds is 7. The summed E-state index contributed by atoms with van der Waals surface area (Å²) in [6.07, 6.45) is -4.47. The molecule has 1 fully saturated rings. The van der Waals surface area contributed by atoms with Gasteiger partial charge >= 0.3 is 11.9 Å². The summed E-state index contributed by atoms with van der Waals surface area (Å²) in [4.78, 5) is 36.4. The van der Waals surface area contributed by atoms with E-state index in [4.69, 9.17) is 20.4 Å². The van der Waals surface area contributed by atoms with Gasteiger partial charge in [0, 0.05) is 37.8 Å². The number of piperidine rings is 1. The van der Waals surface area contributed by atoms with Gasteiger partial charge in [-0.15, -0.1) is 0 Å². The largest absolute Gasteiger partial charge is 0.479 e. The summed E-state index contributed by atoms with van der Waals surface area (Å²) in [7, 11) is 0. The van der Waals surface area contributed by atoms with Gasteiger partial charge in [0.05, 0.1) is 5.71 Å². The number of pyridine rings is 1. The van der Waals surface area contributed by atoms with Crippen molar-refractivity contribution in [2.24, 2.45) is 10.5 Å². The maximum Gasteiger partial charge on any atom is 0.335 e. The summed E-state index contributed by atoms with van der Waals surface area (Å²) in [6, 6.07) is 5.49. The molecule has 0 bridgehead atoms. The Bertz CT molecular complexity index is 821. The standard InChI is InChI=1S/C14H16F2N4O.C4H6O6/c15-12(16)8-20-13(21)14(7-10-3-1-2-5-18-10)9-17-6-4-11(14)19-20;5-1(3(7)8)2(6)4(9)10/h1-3,5,12,17H,4,6-9H2;1-2,5-6H,(H,7,8)(H,9,10)/t14-;/m1./s1. The zero-order chi connectivity index (χ0) is 23.2. The second-order valence-electron chi connectivity index (χ2n) is 6.90. The number of aliphatic hydroxyl groups excluding tert-OH is 2. The molecule has 0 spiro atoms. The number of nitrogens with zero attached hydrogens (tertiary/aromatic N) is 3. The topological polar surface area (TPSA) is 173 Å². The van der Waals surface area contributed by atoms with Gasteiger partial charge in [0.1, 0.15) is 12.0 Å². The second kappa shape index (κ2) is 10.3. The summed E-state index contributed by atoms with van der Waals surface area (Å²) in [6.45, 7) is 0.478. The van der Waals surface area contributed by atoms with Gasteiger partial charge in [0.15, 0.2) is 12.2 Å². The van der Waals surface area contributed by atoms with E-state index in [0.717, 1.165) is 10.7 Å². The highest BCUT2D eigenvalue weighted by molar-refractivity contribution is 6.13. The molecule has 1 aromatic heterocycles. The average molecular weight is 444 g/mol. The third-order valence-electron chi connectivity index (χ3n) is 4.73. The number of fused-ring (bicyclic) bond motifs is 1. The lowest BCUT2D eigenvalue weighted by molar-refractivity contribution is -0.165. The zero-order valence-electron chi connectivity index (χ0n) is 16.2. The van der Waals surface area contributed by atoms with Gasteiger partial charge in [-0.05, 0) is 12.1 Å². The van der Waals surface area contributed by atoms with Gasteiger partial charge in [0.2, 0.25) is 0 Å². The van der Waals surface area contributed by atoms with Crippen molar-refractivity contribution in [1.29, 1.82) is 0 Å². The summed E-state index contributed by atoms with van der Waals surface area (Å²) >= 11 is 0. The molecule has 0 aromatic carbocycles. The van der Waals surface area contributed by atoms with Crippen molar-refractivity contribution >= 4 is 23.6 Å². The van der Waals surface area contributed by atoms with E-state index in [1.165, 1.54) is 0 Å². The first-order valence-corrected chi connectivity index (χ1v) is 9.19. The highest BCUT2D eigenvalue weighted by atomic mass is 19.3. The van der Waals surface area contributed by atoms with Crippen LogP contribution in [0.2, 0.25) is 0 Å². The van der Waals surface area contributed by atoms with Crippen LogP contribution in [0.4, 0.5) is 8.78 Å². The van der Waals surface area contributed by atoms with Gasteiger partial charge in [0.25, 0.3) is 12.3 Å². The van der Waals surface area contributed by atoms with Crippen LogP contribution in [0.5, 0.6) is 0 Å². The first kappa shape index (κ1) is 24.2. The number of aliphatic hydroxyl groups is 2. The lowest BCUT2D eigenvalue weighted by Crippen LogP contribution is -2.53. The Morgan fingerprint density at radius 3 is 2.35 bits per heavy atom. The normalized spacial score (nSPS) is 22.2. The number of hydrogen-bond acceptors (Lipinski definition) is 8. The highest BCUT2D eigenvalue weighted by Crippen LogP contribution is 2.35. The Labute approximate surface area is 175 Å². The minimum absolute atomic E-state index is 0.351. The molecule has 1 saturated heterocycles. The van der Waals surface area contributed by atoms with E-state index < -0.39 is 42.5 Å².